The summed E-state index contributed by atoms with van der Waals surface area (Å²) in [6, 6.07) is 2.30. The van der Waals surface area contributed by atoms with Gasteiger partial charge in [0.05, 0.1) is 7.11 Å². The summed E-state index contributed by atoms with van der Waals surface area (Å²) >= 11 is 0. The molecule has 9 nitrogen and oxygen atoms in total. The Balaban J connectivity index is 1.56. The minimum absolute atomic E-state index is 0.309. The molecule has 1 N–H and O–H groups in total. The lowest BCUT2D eigenvalue weighted by molar-refractivity contribution is 0.0902. The predicted molar refractivity (Wildman–Crippen MR) is 99.0 cm³/mol. The molecule has 0 spiro atoms. The molecule has 4 aromatic heterocycles. The zero-order valence-corrected chi connectivity index (χ0v) is 14.9. The van der Waals surface area contributed by atoms with Crippen molar-refractivity contribution >= 4 is 17.2 Å². The first-order valence-corrected chi connectivity index (χ1v) is 8.88. The number of hydrogen-bond donors (Lipinski definition) is 1. The highest BCUT2D eigenvalue weighted by molar-refractivity contribution is 5.84. The van der Waals surface area contributed by atoms with Crippen molar-refractivity contribution in [1.82, 2.24) is 29.0 Å². The van der Waals surface area contributed by atoms with E-state index >= 15 is 0 Å². The number of methoxy groups -OCH3 is 1. The van der Waals surface area contributed by atoms with Gasteiger partial charge in [-0.25, -0.2) is 14.5 Å². The lowest BCUT2D eigenvalue weighted by Crippen LogP contribution is -2.29. The van der Waals surface area contributed by atoms with Crippen molar-refractivity contribution in [3.63, 3.8) is 0 Å². The SMILES string of the molecule is COc1nc(NC2CCOCC2)nn2ccc(-c3cnc4nccn4c3)c12. The highest BCUT2D eigenvalue weighted by atomic mass is 16.5. The van der Waals surface area contributed by atoms with Crippen molar-refractivity contribution in [3.05, 3.63) is 37.1 Å². The first kappa shape index (κ1) is 16.0. The van der Waals surface area contributed by atoms with Gasteiger partial charge in [0, 0.05) is 61.4 Å². The van der Waals surface area contributed by atoms with Gasteiger partial charge in [0.15, 0.2) is 0 Å². The van der Waals surface area contributed by atoms with Crippen LogP contribution >= 0.6 is 0 Å². The highest BCUT2D eigenvalue weighted by Gasteiger charge is 2.19. The standard InChI is InChI=1S/C18H19N7O2/c1-26-16-15-14(12-10-20-18-19-5-7-24(18)11-12)2-6-25(15)23-17(22-16)21-13-3-8-27-9-4-13/h2,5-7,10-11,13H,3-4,8-9H2,1H3,(H,21,23). The first-order chi connectivity index (χ1) is 13.3. The smallest absolute Gasteiger partial charge is 0.244 e. The number of nitrogens with one attached hydrogen (secondary N) is 1. The van der Waals surface area contributed by atoms with Crippen LogP contribution in [0.4, 0.5) is 5.95 Å². The van der Waals surface area contributed by atoms with Gasteiger partial charge in [-0.1, -0.05) is 0 Å². The molecule has 1 aliphatic rings. The quantitative estimate of drug-likeness (QED) is 0.592. The molecule has 4 aromatic rings. The fourth-order valence-electron chi connectivity index (χ4n) is 3.41. The second kappa shape index (κ2) is 6.51. The predicted octanol–water partition coefficient (Wildman–Crippen LogP) is 2.04. The number of nitrogens with zero attached hydrogens (tertiary/aromatic N) is 6. The molecule has 5 heterocycles. The Morgan fingerprint density at radius 1 is 1.22 bits per heavy atom. The van der Waals surface area contributed by atoms with Crippen LogP contribution in [0.5, 0.6) is 5.88 Å². The molecule has 1 saturated heterocycles. The van der Waals surface area contributed by atoms with E-state index in [0.29, 0.717) is 23.6 Å². The molecule has 1 fully saturated rings. The number of ether oxygens (including phenoxy) is 2. The molecule has 0 aromatic carbocycles. The topological polar surface area (TPSA) is 90.9 Å². The summed E-state index contributed by atoms with van der Waals surface area (Å²) in [4.78, 5) is 13.2. The van der Waals surface area contributed by atoms with Gasteiger partial charge in [0.25, 0.3) is 0 Å². The van der Waals surface area contributed by atoms with Gasteiger partial charge in [0.1, 0.15) is 5.52 Å². The fraction of sp³-hybridized carbons (Fsp3) is 0.333. The van der Waals surface area contributed by atoms with Crippen LogP contribution < -0.4 is 10.1 Å². The summed E-state index contributed by atoms with van der Waals surface area (Å²) in [7, 11) is 1.62. The number of anilines is 1. The van der Waals surface area contributed by atoms with Crippen LogP contribution in [0, 0.1) is 0 Å². The van der Waals surface area contributed by atoms with E-state index in [1.165, 1.54) is 0 Å². The van der Waals surface area contributed by atoms with Crippen molar-refractivity contribution in [2.45, 2.75) is 18.9 Å². The molecule has 0 radical (unpaired) electrons. The zero-order chi connectivity index (χ0) is 18.2. The lowest BCUT2D eigenvalue weighted by atomic mass is 10.1. The van der Waals surface area contributed by atoms with Gasteiger partial charge in [-0.05, 0) is 18.9 Å². The van der Waals surface area contributed by atoms with Crippen LogP contribution in [0.25, 0.3) is 22.4 Å². The number of imidazole rings is 1. The Labute approximate surface area is 155 Å². The normalized spacial score (nSPS) is 15.4. The van der Waals surface area contributed by atoms with Gasteiger partial charge < -0.3 is 14.8 Å². The first-order valence-electron chi connectivity index (χ1n) is 8.88. The molecule has 0 atom stereocenters. The van der Waals surface area contributed by atoms with Crippen LogP contribution in [0.1, 0.15) is 12.8 Å². The lowest BCUT2D eigenvalue weighted by Gasteiger charge is -2.23. The molecule has 9 heteroatoms. The molecule has 0 aliphatic carbocycles. The van der Waals surface area contributed by atoms with Crippen LogP contribution in [-0.2, 0) is 4.74 Å². The largest absolute Gasteiger partial charge is 0.479 e. The molecule has 1 aliphatic heterocycles. The maximum atomic E-state index is 5.57. The number of rotatable bonds is 4. The molecule has 5 rings (SSSR count). The van der Waals surface area contributed by atoms with Crippen molar-refractivity contribution in [3.8, 4) is 17.0 Å². The number of fused-ring (bicyclic) bond motifs is 2. The molecule has 138 valence electrons. The summed E-state index contributed by atoms with van der Waals surface area (Å²) < 4.78 is 14.7. The molecule has 0 unspecified atom stereocenters. The second-order valence-electron chi connectivity index (χ2n) is 6.48. The van der Waals surface area contributed by atoms with E-state index in [1.807, 2.05) is 29.1 Å². The highest BCUT2D eigenvalue weighted by Crippen LogP contribution is 2.31. The maximum Gasteiger partial charge on any atom is 0.244 e. The minimum Gasteiger partial charge on any atom is -0.479 e. The monoisotopic (exact) mass is 365 g/mol. The Hall–Kier alpha value is -3.20. The number of hydrogen-bond acceptors (Lipinski definition) is 7. The van der Waals surface area contributed by atoms with E-state index in [0.717, 1.165) is 42.7 Å². The summed E-state index contributed by atoms with van der Waals surface area (Å²) in [6.07, 6.45) is 11.2. The van der Waals surface area contributed by atoms with Gasteiger partial charge in [-0.2, -0.15) is 4.98 Å². The summed E-state index contributed by atoms with van der Waals surface area (Å²) in [6.45, 7) is 1.52. The van der Waals surface area contributed by atoms with E-state index in [1.54, 1.807) is 24.0 Å². The van der Waals surface area contributed by atoms with Gasteiger partial charge in [-0.15, -0.1) is 5.10 Å². The zero-order valence-electron chi connectivity index (χ0n) is 14.9. The third kappa shape index (κ3) is 2.85. The van der Waals surface area contributed by atoms with Crippen molar-refractivity contribution in [2.24, 2.45) is 0 Å². The number of aromatic nitrogens is 6. The van der Waals surface area contributed by atoms with E-state index < -0.39 is 0 Å². The molecule has 27 heavy (non-hydrogen) atoms. The van der Waals surface area contributed by atoms with Crippen LogP contribution in [0.2, 0.25) is 0 Å². The van der Waals surface area contributed by atoms with Gasteiger partial charge in [-0.3, -0.25) is 4.40 Å². The second-order valence-corrected chi connectivity index (χ2v) is 6.48. The average molecular weight is 365 g/mol. The Kier molecular flexibility index (Phi) is 3.86. The van der Waals surface area contributed by atoms with E-state index in [4.69, 9.17) is 9.47 Å². The van der Waals surface area contributed by atoms with E-state index in [2.05, 4.69) is 25.4 Å². The van der Waals surface area contributed by atoms with E-state index in [-0.39, 0.29) is 0 Å². The molecular formula is C18H19N7O2. The summed E-state index contributed by atoms with van der Waals surface area (Å²) in [5.41, 5.74) is 2.69. The van der Waals surface area contributed by atoms with Crippen molar-refractivity contribution < 1.29 is 9.47 Å². The van der Waals surface area contributed by atoms with Gasteiger partial charge in [0.2, 0.25) is 17.6 Å². The van der Waals surface area contributed by atoms with Crippen molar-refractivity contribution in [1.29, 1.82) is 0 Å². The Bertz CT molecular complexity index is 1100. The van der Waals surface area contributed by atoms with Crippen LogP contribution in [0.3, 0.4) is 0 Å². The van der Waals surface area contributed by atoms with Crippen LogP contribution in [-0.4, -0.2) is 55.3 Å². The molecule has 0 bridgehead atoms. The molecular weight excluding hydrogens is 346 g/mol. The third-order valence-electron chi connectivity index (χ3n) is 4.78. The summed E-state index contributed by atoms with van der Waals surface area (Å²) in [5, 5.41) is 8.00. The third-order valence-corrected chi connectivity index (χ3v) is 4.78. The fourth-order valence-corrected chi connectivity index (χ4v) is 3.41. The molecule has 0 saturated carbocycles. The molecule has 0 amide bonds. The minimum atomic E-state index is 0.309. The van der Waals surface area contributed by atoms with E-state index in [9.17, 15) is 0 Å². The Morgan fingerprint density at radius 2 is 2.11 bits per heavy atom. The van der Waals surface area contributed by atoms with Gasteiger partial charge >= 0.3 is 0 Å². The summed E-state index contributed by atoms with van der Waals surface area (Å²) in [5.74, 6) is 1.73. The maximum absolute atomic E-state index is 5.57. The Morgan fingerprint density at radius 3 is 2.96 bits per heavy atom. The van der Waals surface area contributed by atoms with Crippen molar-refractivity contribution in [2.75, 3.05) is 25.6 Å². The van der Waals surface area contributed by atoms with Crippen LogP contribution in [0.15, 0.2) is 37.1 Å². The average Bonchev–Trinajstić information content (AvgIpc) is 3.34.